The number of likely N-dealkylation sites (tertiary alicyclic amines) is 1. The Bertz CT molecular complexity index is 909. The van der Waals surface area contributed by atoms with Gasteiger partial charge < -0.3 is 29.0 Å². The van der Waals surface area contributed by atoms with Gasteiger partial charge in [-0.2, -0.15) is 0 Å². The molecule has 8 heteroatoms. The number of rotatable bonds is 4. The summed E-state index contributed by atoms with van der Waals surface area (Å²) in [5.41, 5.74) is 0.643. The molecule has 8 nitrogen and oxygen atoms in total. The summed E-state index contributed by atoms with van der Waals surface area (Å²) in [4.78, 5) is 29.2. The molecule has 2 fully saturated rings. The zero-order chi connectivity index (χ0) is 21.3. The molecule has 162 valence electrons. The smallest absolute Gasteiger partial charge is 0.407 e. The highest BCUT2D eigenvalue weighted by molar-refractivity contribution is 5.96. The van der Waals surface area contributed by atoms with Gasteiger partial charge in [0.15, 0.2) is 5.76 Å². The molecular formula is C22H29N3O5. The summed E-state index contributed by atoms with van der Waals surface area (Å²) in [7, 11) is 0. The second-order valence-corrected chi connectivity index (χ2v) is 8.32. The molecule has 1 aromatic carbocycles. The largest absolute Gasteiger partial charge is 0.490 e. The first-order valence-electron chi connectivity index (χ1n) is 10.6. The summed E-state index contributed by atoms with van der Waals surface area (Å²) in [5.74, 6) is 0.858. The molecule has 3 heterocycles. The van der Waals surface area contributed by atoms with Crippen LogP contribution < -0.4 is 4.74 Å². The van der Waals surface area contributed by atoms with Gasteiger partial charge in [-0.1, -0.05) is 0 Å². The van der Waals surface area contributed by atoms with Crippen LogP contribution in [0.4, 0.5) is 4.79 Å². The summed E-state index contributed by atoms with van der Waals surface area (Å²) in [6, 6.07) is 7.96. The van der Waals surface area contributed by atoms with Crippen molar-refractivity contribution >= 4 is 23.0 Å². The molecule has 0 radical (unpaired) electrons. The molecule has 2 aliphatic heterocycles. The normalized spacial score (nSPS) is 18.9. The molecular weight excluding hydrogens is 386 g/mol. The third kappa shape index (κ3) is 4.38. The summed E-state index contributed by atoms with van der Waals surface area (Å²) in [5, 5.41) is 9.88. The molecule has 1 aromatic heterocycles. The number of piperazine rings is 1. The van der Waals surface area contributed by atoms with Gasteiger partial charge in [-0.3, -0.25) is 4.79 Å². The number of benzene rings is 1. The molecule has 1 N–H and O–H groups in total. The topological polar surface area (TPSA) is 86.5 Å². The number of hydrogen-bond donors (Lipinski definition) is 1. The zero-order valence-electron chi connectivity index (χ0n) is 17.5. The maximum Gasteiger partial charge on any atom is 0.407 e. The quantitative estimate of drug-likeness (QED) is 0.826. The van der Waals surface area contributed by atoms with Crippen LogP contribution in [0.5, 0.6) is 5.75 Å². The minimum absolute atomic E-state index is 0.205. The molecule has 0 bridgehead atoms. The molecule has 4 rings (SSSR count). The van der Waals surface area contributed by atoms with Gasteiger partial charge in [-0.05, 0) is 51.0 Å². The second-order valence-electron chi connectivity index (χ2n) is 8.32. The first-order valence-corrected chi connectivity index (χ1v) is 10.6. The minimum atomic E-state index is -0.951. The van der Waals surface area contributed by atoms with Crippen molar-refractivity contribution in [2.24, 2.45) is 0 Å². The van der Waals surface area contributed by atoms with Crippen LogP contribution in [-0.2, 0) is 0 Å². The summed E-state index contributed by atoms with van der Waals surface area (Å²) >= 11 is 0. The van der Waals surface area contributed by atoms with Crippen molar-refractivity contribution in [3.8, 4) is 5.75 Å². The van der Waals surface area contributed by atoms with E-state index in [0.717, 1.165) is 37.1 Å². The number of amides is 2. The maximum absolute atomic E-state index is 12.8. The molecule has 0 spiro atoms. The molecule has 0 atom stereocenters. The third-order valence-corrected chi connectivity index (χ3v) is 6.05. The van der Waals surface area contributed by atoms with Gasteiger partial charge in [0.1, 0.15) is 17.4 Å². The van der Waals surface area contributed by atoms with Crippen LogP contribution >= 0.6 is 0 Å². The Morgan fingerprint density at radius 2 is 1.70 bits per heavy atom. The van der Waals surface area contributed by atoms with E-state index >= 15 is 0 Å². The van der Waals surface area contributed by atoms with Gasteiger partial charge in [-0.15, -0.1) is 0 Å². The average molecular weight is 415 g/mol. The van der Waals surface area contributed by atoms with Gasteiger partial charge in [0, 0.05) is 50.7 Å². The molecule has 2 saturated heterocycles. The van der Waals surface area contributed by atoms with Gasteiger partial charge in [0.25, 0.3) is 5.91 Å². The first kappa shape index (κ1) is 20.5. The van der Waals surface area contributed by atoms with Gasteiger partial charge in [0.05, 0.1) is 0 Å². The number of hydrogen-bond acceptors (Lipinski definition) is 5. The van der Waals surface area contributed by atoms with E-state index in [9.17, 15) is 9.59 Å². The number of carbonyl (C=O) groups excluding carboxylic acids is 1. The lowest BCUT2D eigenvalue weighted by atomic mass is 10.1. The van der Waals surface area contributed by atoms with Crippen LogP contribution in [0.25, 0.3) is 11.0 Å². The van der Waals surface area contributed by atoms with E-state index in [1.165, 1.54) is 4.90 Å². The zero-order valence-corrected chi connectivity index (χ0v) is 17.5. The fraction of sp³-hybridized carbons (Fsp3) is 0.545. The van der Waals surface area contributed by atoms with E-state index in [1.807, 2.05) is 18.2 Å². The van der Waals surface area contributed by atoms with Crippen LogP contribution in [0.2, 0.25) is 0 Å². The predicted octanol–water partition coefficient (Wildman–Crippen LogP) is 3.12. The van der Waals surface area contributed by atoms with Crippen LogP contribution in [0.1, 0.15) is 37.2 Å². The number of furan rings is 1. The fourth-order valence-corrected chi connectivity index (χ4v) is 4.16. The van der Waals surface area contributed by atoms with Crippen molar-refractivity contribution in [2.45, 2.75) is 38.8 Å². The molecule has 2 amide bonds. The Hall–Kier alpha value is -2.74. The number of carboxylic acid groups (broad SMARTS) is 1. The molecule has 0 aliphatic carbocycles. The summed E-state index contributed by atoms with van der Waals surface area (Å²) in [6.45, 7) is 7.90. The molecule has 0 unspecified atom stereocenters. The Morgan fingerprint density at radius 3 is 2.33 bits per heavy atom. The van der Waals surface area contributed by atoms with Crippen molar-refractivity contribution in [1.82, 2.24) is 14.7 Å². The number of nitrogens with zero attached hydrogens (tertiary/aromatic N) is 3. The minimum Gasteiger partial charge on any atom is -0.490 e. The molecule has 2 aliphatic rings. The Morgan fingerprint density at radius 1 is 1.03 bits per heavy atom. The molecule has 2 aromatic rings. The Labute approximate surface area is 176 Å². The van der Waals surface area contributed by atoms with E-state index in [1.54, 1.807) is 11.0 Å². The predicted molar refractivity (Wildman–Crippen MR) is 112 cm³/mol. The molecule has 30 heavy (non-hydrogen) atoms. The fourth-order valence-electron chi connectivity index (χ4n) is 4.16. The monoisotopic (exact) mass is 415 g/mol. The van der Waals surface area contributed by atoms with Crippen LogP contribution in [0.3, 0.4) is 0 Å². The highest BCUT2D eigenvalue weighted by Gasteiger charge is 2.27. The summed E-state index contributed by atoms with van der Waals surface area (Å²) < 4.78 is 11.9. The van der Waals surface area contributed by atoms with Crippen LogP contribution in [0.15, 0.2) is 28.7 Å². The Kier molecular flexibility index (Phi) is 5.85. The van der Waals surface area contributed by atoms with Gasteiger partial charge >= 0.3 is 6.09 Å². The first-order chi connectivity index (χ1) is 14.4. The van der Waals surface area contributed by atoms with Crippen molar-refractivity contribution in [2.75, 3.05) is 39.3 Å². The highest BCUT2D eigenvalue weighted by Crippen LogP contribution is 2.27. The van der Waals surface area contributed by atoms with E-state index in [0.29, 0.717) is 37.8 Å². The lowest BCUT2D eigenvalue weighted by molar-refractivity contribution is 0.0598. The lowest BCUT2D eigenvalue weighted by Gasteiger charge is -2.34. The molecule has 0 saturated carbocycles. The highest BCUT2D eigenvalue weighted by atomic mass is 16.5. The SMILES string of the molecule is CC(C)N1CCC(Oc2ccc3oc(C(=O)N4CCN(C(=O)O)CC4)cc3c2)CC1. The van der Waals surface area contributed by atoms with Crippen molar-refractivity contribution in [3.05, 3.63) is 30.0 Å². The average Bonchev–Trinajstić information content (AvgIpc) is 3.17. The number of carbonyl (C=O) groups is 2. The van der Waals surface area contributed by atoms with E-state index < -0.39 is 6.09 Å². The van der Waals surface area contributed by atoms with E-state index in [2.05, 4.69) is 18.7 Å². The summed E-state index contributed by atoms with van der Waals surface area (Å²) in [6.07, 6.45) is 1.27. The van der Waals surface area contributed by atoms with E-state index in [-0.39, 0.29) is 17.8 Å². The van der Waals surface area contributed by atoms with Crippen molar-refractivity contribution in [1.29, 1.82) is 0 Å². The van der Waals surface area contributed by atoms with Gasteiger partial charge in [0.2, 0.25) is 0 Å². The Balaban J connectivity index is 1.39. The number of piperidine rings is 1. The second kappa shape index (κ2) is 8.55. The standard InChI is InChI=1S/C22H29N3O5/c1-15(2)23-7-5-17(6-8-23)29-18-3-4-19-16(13-18)14-20(30-19)21(26)24-9-11-25(12-10-24)22(27)28/h3-4,13-15,17H,5-12H2,1-2H3,(H,27,28). The lowest BCUT2D eigenvalue weighted by Crippen LogP contribution is -2.50. The third-order valence-electron chi connectivity index (χ3n) is 6.05. The van der Waals surface area contributed by atoms with E-state index in [4.69, 9.17) is 14.3 Å². The number of ether oxygens (including phenoxy) is 1. The van der Waals surface area contributed by atoms with Crippen molar-refractivity contribution < 1.29 is 23.8 Å². The van der Waals surface area contributed by atoms with Crippen LogP contribution in [-0.4, -0.2) is 83.2 Å². The van der Waals surface area contributed by atoms with Gasteiger partial charge in [-0.25, -0.2) is 4.79 Å². The van der Waals surface area contributed by atoms with Crippen molar-refractivity contribution in [3.63, 3.8) is 0 Å². The maximum atomic E-state index is 12.8. The van der Waals surface area contributed by atoms with Crippen LogP contribution in [0, 0.1) is 0 Å². The number of fused-ring (bicyclic) bond motifs is 1.